The zero-order valence-corrected chi connectivity index (χ0v) is 48.0. The van der Waals surface area contributed by atoms with Gasteiger partial charge in [0.2, 0.25) is 6.10 Å². The fourth-order valence-electron chi connectivity index (χ4n) is 10.3. The summed E-state index contributed by atoms with van der Waals surface area (Å²) in [5.74, 6) is -4.74. The van der Waals surface area contributed by atoms with Gasteiger partial charge in [-0.3, -0.25) is 9.59 Å². The number of carbonyl (C=O) groups excluding carboxylic acids is 5. The largest absolute Gasteiger partial charge is 0.509 e. The Morgan fingerprint density at radius 3 is 2.05 bits per heavy atom. The van der Waals surface area contributed by atoms with Gasteiger partial charge in [0.05, 0.1) is 42.3 Å². The monoisotopic (exact) mass is 1360 g/mol. The van der Waals surface area contributed by atoms with Crippen molar-refractivity contribution in [3.8, 4) is 0 Å². The Bertz CT molecular complexity index is 2270. The van der Waals surface area contributed by atoms with Crippen LogP contribution in [0.2, 0.25) is 0 Å². The van der Waals surface area contributed by atoms with Crippen molar-refractivity contribution >= 4 is 41.5 Å². The van der Waals surface area contributed by atoms with Crippen LogP contribution in [-0.2, 0) is 38.0 Å². The standard InChI is InChI=1S/C48H55NO14S.2Ac/c1-7-58-44(55)62-37(35(28-17-11-8-12-18-28)49-41(52)29-19-13-9-14-20-29)43(54)61-31-24-48(57)40(63-42(53)30-21-15-10-16-22-30)38-46(5,39(51)36(50)34(27(31)2)45(48,3)4)32(60-26-64-6)23-33-47(38,56)25-59-33;;/h8-22,31-33,35-38,40,50,56-57H,7,23-26H2,1-6H3,(H,49,52);;/t31?,32?,33?,35?,36?,37?,38?,40?,46-,47?,48?;;/m1../s1. The van der Waals surface area contributed by atoms with E-state index in [0.29, 0.717) is 5.56 Å². The van der Waals surface area contributed by atoms with Crippen LogP contribution in [0, 0.1) is 105 Å². The first-order valence-electron chi connectivity index (χ1n) is 21.2. The molecule has 3 aromatic carbocycles. The second-order valence-electron chi connectivity index (χ2n) is 17.5. The number of esters is 2. The second-order valence-corrected chi connectivity index (χ2v) is 18.3. The number of amides is 1. The number of ketones is 1. The summed E-state index contributed by atoms with van der Waals surface area (Å²) in [6, 6.07) is 23.1. The van der Waals surface area contributed by atoms with Crippen molar-refractivity contribution in [2.75, 3.05) is 25.4 Å². The first-order valence-corrected chi connectivity index (χ1v) is 22.6. The number of aliphatic hydroxyl groups excluding tert-OH is 1. The Labute approximate surface area is 459 Å². The fourth-order valence-corrected chi connectivity index (χ4v) is 10.6. The van der Waals surface area contributed by atoms with Crippen molar-refractivity contribution in [2.45, 2.75) is 101 Å². The van der Waals surface area contributed by atoms with Gasteiger partial charge in [0.1, 0.15) is 35.6 Å². The molecule has 3 fully saturated rings. The van der Waals surface area contributed by atoms with E-state index in [1.807, 2.05) is 6.26 Å². The maximum Gasteiger partial charge on any atom is 0.509 e. The van der Waals surface area contributed by atoms with Crippen LogP contribution in [0.15, 0.2) is 102 Å². The molecule has 2 radical (unpaired) electrons. The number of benzene rings is 3. The van der Waals surface area contributed by atoms with Gasteiger partial charge in [0.25, 0.3) is 5.91 Å². The van der Waals surface area contributed by atoms with Gasteiger partial charge in [0.15, 0.2) is 5.78 Å². The summed E-state index contributed by atoms with van der Waals surface area (Å²) in [7, 11) is 0. The van der Waals surface area contributed by atoms with E-state index >= 15 is 4.79 Å². The van der Waals surface area contributed by atoms with E-state index in [0.717, 1.165) is 0 Å². The molecule has 4 aliphatic rings. The summed E-state index contributed by atoms with van der Waals surface area (Å²) >= 11 is 1.35. The van der Waals surface area contributed by atoms with E-state index < -0.39 is 107 Å². The molecule has 348 valence electrons. The van der Waals surface area contributed by atoms with E-state index in [1.165, 1.54) is 23.9 Å². The quantitative estimate of drug-likeness (QED) is 0.0757. The third kappa shape index (κ3) is 10.0. The Morgan fingerprint density at radius 2 is 1.48 bits per heavy atom. The Morgan fingerprint density at radius 1 is 0.894 bits per heavy atom. The summed E-state index contributed by atoms with van der Waals surface area (Å²) in [5, 5.41) is 41.6. The van der Waals surface area contributed by atoms with Crippen LogP contribution >= 0.6 is 11.8 Å². The van der Waals surface area contributed by atoms with Crippen molar-refractivity contribution in [3.63, 3.8) is 0 Å². The molecule has 10 unspecified atom stereocenters. The molecule has 1 saturated heterocycles. The van der Waals surface area contributed by atoms with Gasteiger partial charge in [-0.25, -0.2) is 14.4 Å². The number of fused-ring (bicyclic) bond motifs is 5. The zero-order valence-electron chi connectivity index (χ0n) is 37.7. The van der Waals surface area contributed by atoms with Gasteiger partial charge in [0, 0.05) is 118 Å². The molecular weight excluding hydrogens is 1300 g/mol. The predicted octanol–water partition coefficient (Wildman–Crippen LogP) is 5.12. The van der Waals surface area contributed by atoms with Gasteiger partial charge in [-0.1, -0.05) is 80.6 Å². The number of hydrogen-bond acceptors (Lipinski definition) is 15. The molecule has 18 heteroatoms. The number of carbonyl (C=O) groups is 5. The van der Waals surface area contributed by atoms with Crippen LogP contribution in [0.4, 0.5) is 4.79 Å². The maximum absolute atomic E-state index is 15.3. The van der Waals surface area contributed by atoms with Crippen molar-refractivity contribution < 1.29 is 156 Å². The number of rotatable bonds is 13. The molecule has 2 bridgehead atoms. The smallest absolute Gasteiger partial charge is 0.455 e. The minimum absolute atomic E-state index is 0. The Kier molecular flexibility index (Phi) is 18.4. The van der Waals surface area contributed by atoms with E-state index in [1.54, 1.807) is 113 Å². The topological polar surface area (TPSA) is 213 Å². The molecule has 1 heterocycles. The predicted molar refractivity (Wildman–Crippen MR) is 232 cm³/mol. The molecule has 2 saturated carbocycles. The zero-order chi connectivity index (χ0) is 46.2. The van der Waals surface area contributed by atoms with E-state index in [2.05, 4.69) is 5.32 Å². The van der Waals surface area contributed by atoms with Crippen molar-refractivity contribution in [1.29, 1.82) is 0 Å². The maximum atomic E-state index is 15.3. The Balaban J connectivity index is 0.00000408. The molecule has 15 nitrogen and oxygen atoms in total. The van der Waals surface area contributed by atoms with Crippen molar-refractivity contribution in [1.82, 2.24) is 5.32 Å². The van der Waals surface area contributed by atoms with Crippen LogP contribution in [0.5, 0.6) is 0 Å². The van der Waals surface area contributed by atoms with E-state index in [-0.39, 0.29) is 136 Å². The third-order valence-corrected chi connectivity index (χ3v) is 14.1. The molecule has 11 atom stereocenters. The van der Waals surface area contributed by atoms with Gasteiger partial charge in [-0.15, -0.1) is 11.8 Å². The first-order chi connectivity index (χ1) is 30.4. The van der Waals surface area contributed by atoms with Gasteiger partial charge >= 0.3 is 18.1 Å². The molecule has 7 rings (SSSR count). The van der Waals surface area contributed by atoms with E-state index in [9.17, 15) is 34.5 Å². The molecule has 4 N–H and O–H groups in total. The number of ether oxygens (including phenoxy) is 6. The van der Waals surface area contributed by atoms with Crippen LogP contribution in [0.3, 0.4) is 0 Å². The van der Waals surface area contributed by atoms with Gasteiger partial charge in [-0.2, -0.15) is 0 Å². The van der Waals surface area contributed by atoms with E-state index in [4.69, 9.17) is 28.4 Å². The number of nitrogens with one attached hydrogen (secondary N) is 1. The van der Waals surface area contributed by atoms with Crippen LogP contribution in [0.1, 0.15) is 79.8 Å². The third-order valence-electron chi connectivity index (χ3n) is 13.7. The molecule has 0 aromatic heterocycles. The second kappa shape index (κ2) is 22.2. The van der Waals surface area contributed by atoms with Gasteiger partial charge < -0.3 is 49.1 Å². The normalized spacial score (nSPS) is 30.3. The average molecular weight is 1360 g/mol. The molecule has 66 heavy (non-hydrogen) atoms. The number of Topliss-reactive ketones (excluding diaryl/α,β-unsaturated/α-hetero) is 1. The first kappa shape index (κ1) is 54.7. The molecule has 0 spiro atoms. The Hall–Kier alpha value is -2.22. The van der Waals surface area contributed by atoms with Crippen LogP contribution < -0.4 is 5.32 Å². The molecule has 3 aliphatic carbocycles. The summed E-state index contributed by atoms with van der Waals surface area (Å²) < 4.78 is 35.6. The molecule has 1 amide bonds. The average Bonchev–Trinajstić information content (AvgIpc) is 3.28. The van der Waals surface area contributed by atoms with Gasteiger partial charge in [-0.05, 0) is 68.0 Å². The summed E-state index contributed by atoms with van der Waals surface area (Å²) in [6.45, 7) is 7.44. The minimum atomic E-state index is -2.32. The number of aliphatic hydroxyl groups is 3. The minimum Gasteiger partial charge on any atom is -0.455 e. The van der Waals surface area contributed by atoms with Crippen LogP contribution in [-0.4, -0.2) is 118 Å². The number of hydrogen-bond donors (Lipinski definition) is 4. The SMILES string of the molecule is CCOC(=O)OC(C(=O)OC1CC2(O)C(OC(=O)c3ccccc3)C3C4(O)COC4CC(OCSC)[C@@]3(C)C(=O)C(O)C(=C1C)C2(C)C)C(NC(=O)c1ccccc1)c1ccccc1.[Ac].[Ac]. The van der Waals surface area contributed by atoms with Crippen molar-refractivity contribution in [3.05, 3.63) is 119 Å². The van der Waals surface area contributed by atoms with Crippen molar-refractivity contribution in [2.24, 2.45) is 16.7 Å². The molecule has 1 aliphatic heterocycles. The summed E-state index contributed by atoms with van der Waals surface area (Å²) in [5.41, 5.74) is -6.68. The summed E-state index contributed by atoms with van der Waals surface area (Å²) in [4.78, 5) is 71.2. The van der Waals surface area contributed by atoms with Crippen LogP contribution in [0.25, 0.3) is 0 Å². The summed E-state index contributed by atoms with van der Waals surface area (Å²) in [6.07, 6.45) is -8.80. The fraction of sp³-hybridized carbons (Fsp3) is 0.479. The number of thioether (sulfide) groups is 1. The molecular formula is C48H55Ac2NO14S. The molecule has 3 aromatic rings.